The highest BCUT2D eigenvalue weighted by atomic mass is 19.4. The van der Waals surface area contributed by atoms with Crippen molar-refractivity contribution in [1.29, 1.82) is 0 Å². The van der Waals surface area contributed by atoms with Gasteiger partial charge in [0.25, 0.3) is 5.69 Å². The summed E-state index contributed by atoms with van der Waals surface area (Å²) in [6.45, 7) is 1.50. The number of nitrogens with one attached hydrogen (secondary N) is 2. The molecule has 2 N–H and O–H groups in total. The highest BCUT2D eigenvalue weighted by Crippen LogP contribution is 2.30. The standard InChI is InChI=1S/C24H17F3N4O6/c1-14(29-30-22(33)21(32)28-17-6-4-5-16(13-17)24(25,26)27)15-9-11-18(12-10-15)37-23(34)19-7-2-3-8-20(19)31(35)36/h2-13H,1H3,(H,28,32)(H,30,33)/b29-14+. The summed E-state index contributed by atoms with van der Waals surface area (Å²) >= 11 is 0. The Bertz CT molecular complexity index is 1390. The number of ether oxygens (including phenoxy) is 1. The number of rotatable bonds is 6. The van der Waals surface area contributed by atoms with Gasteiger partial charge in [-0.2, -0.15) is 18.3 Å². The number of para-hydroxylation sites is 1. The average molecular weight is 514 g/mol. The number of nitro groups is 1. The minimum Gasteiger partial charge on any atom is -0.423 e. The van der Waals surface area contributed by atoms with Crippen molar-refractivity contribution >= 4 is 34.9 Å². The van der Waals surface area contributed by atoms with Crippen LogP contribution in [-0.4, -0.2) is 28.4 Å². The molecular formula is C24H17F3N4O6. The minimum absolute atomic E-state index is 0.0872. The SMILES string of the molecule is C/C(=N\NC(=O)C(=O)Nc1cccc(C(F)(F)F)c1)c1ccc(OC(=O)c2ccccc2[N+](=O)[O-])cc1. The van der Waals surface area contributed by atoms with Gasteiger partial charge in [-0.15, -0.1) is 0 Å². The Morgan fingerprint density at radius 2 is 1.62 bits per heavy atom. The molecule has 0 unspecified atom stereocenters. The number of nitrogens with zero attached hydrogens (tertiary/aromatic N) is 2. The van der Waals surface area contributed by atoms with Crippen molar-refractivity contribution < 1.29 is 37.2 Å². The number of halogens is 3. The van der Waals surface area contributed by atoms with Crippen molar-refractivity contribution in [2.75, 3.05) is 5.32 Å². The molecule has 0 aromatic heterocycles. The molecule has 3 rings (SSSR count). The van der Waals surface area contributed by atoms with E-state index in [2.05, 4.69) is 10.4 Å². The van der Waals surface area contributed by atoms with Crippen LogP contribution >= 0.6 is 0 Å². The number of hydrazone groups is 1. The van der Waals surface area contributed by atoms with Gasteiger partial charge in [0.1, 0.15) is 11.3 Å². The van der Waals surface area contributed by atoms with Crippen LogP contribution in [0.15, 0.2) is 77.9 Å². The summed E-state index contributed by atoms with van der Waals surface area (Å²) in [6.07, 6.45) is -4.61. The fraction of sp³-hybridized carbons (Fsp3) is 0.0833. The van der Waals surface area contributed by atoms with E-state index in [1.807, 2.05) is 5.43 Å². The van der Waals surface area contributed by atoms with Crippen LogP contribution in [0.1, 0.15) is 28.4 Å². The summed E-state index contributed by atoms with van der Waals surface area (Å²) in [5, 5.41) is 16.9. The summed E-state index contributed by atoms with van der Waals surface area (Å²) in [5.74, 6) is -3.28. The molecular weight excluding hydrogens is 497 g/mol. The van der Waals surface area contributed by atoms with Gasteiger partial charge in [0.2, 0.25) is 0 Å². The van der Waals surface area contributed by atoms with Gasteiger partial charge in [-0.05, 0) is 61.0 Å². The van der Waals surface area contributed by atoms with Crippen molar-refractivity contribution in [2.45, 2.75) is 13.1 Å². The minimum atomic E-state index is -4.61. The van der Waals surface area contributed by atoms with Crippen LogP contribution in [0.4, 0.5) is 24.5 Å². The van der Waals surface area contributed by atoms with Gasteiger partial charge in [0.05, 0.1) is 16.2 Å². The topological polar surface area (TPSA) is 140 Å². The molecule has 0 fully saturated rings. The van der Waals surface area contributed by atoms with E-state index >= 15 is 0 Å². The molecule has 0 saturated heterocycles. The molecule has 0 radical (unpaired) electrons. The maximum absolute atomic E-state index is 12.8. The third kappa shape index (κ3) is 6.97. The first kappa shape index (κ1) is 26.5. The third-order valence-electron chi connectivity index (χ3n) is 4.78. The first-order valence-electron chi connectivity index (χ1n) is 10.3. The second-order valence-corrected chi connectivity index (χ2v) is 7.36. The molecule has 0 saturated carbocycles. The number of anilines is 1. The van der Waals surface area contributed by atoms with Crippen molar-refractivity contribution in [3.05, 3.63) is 99.6 Å². The maximum atomic E-state index is 12.8. The maximum Gasteiger partial charge on any atom is 0.416 e. The molecule has 190 valence electrons. The lowest BCUT2D eigenvalue weighted by atomic mass is 10.1. The van der Waals surface area contributed by atoms with Crippen molar-refractivity contribution in [1.82, 2.24) is 5.43 Å². The largest absolute Gasteiger partial charge is 0.423 e. The molecule has 10 nitrogen and oxygen atoms in total. The Hall–Kier alpha value is -5.07. The van der Waals surface area contributed by atoms with Crippen LogP contribution in [0, 0.1) is 10.1 Å². The lowest BCUT2D eigenvalue weighted by molar-refractivity contribution is -0.385. The number of benzene rings is 3. The van der Waals surface area contributed by atoms with Gasteiger partial charge in [0, 0.05) is 11.8 Å². The Morgan fingerprint density at radius 3 is 2.27 bits per heavy atom. The number of hydrogen-bond donors (Lipinski definition) is 2. The Kier molecular flexibility index (Phi) is 7.97. The van der Waals surface area contributed by atoms with Gasteiger partial charge in [-0.25, -0.2) is 10.2 Å². The van der Waals surface area contributed by atoms with E-state index in [0.717, 1.165) is 12.1 Å². The molecule has 0 heterocycles. The fourth-order valence-corrected chi connectivity index (χ4v) is 2.94. The first-order chi connectivity index (χ1) is 17.5. The Balaban J connectivity index is 1.60. The lowest BCUT2D eigenvalue weighted by Crippen LogP contribution is -2.33. The van der Waals surface area contributed by atoms with Crippen molar-refractivity contribution in [3.63, 3.8) is 0 Å². The van der Waals surface area contributed by atoms with E-state index in [9.17, 15) is 37.7 Å². The molecule has 0 bridgehead atoms. The van der Waals surface area contributed by atoms with Crippen LogP contribution in [0.25, 0.3) is 0 Å². The summed E-state index contributed by atoms with van der Waals surface area (Å²) in [4.78, 5) is 46.7. The van der Waals surface area contributed by atoms with Crippen LogP contribution in [0.3, 0.4) is 0 Å². The molecule has 3 aromatic rings. The normalized spacial score (nSPS) is 11.4. The Morgan fingerprint density at radius 1 is 0.946 bits per heavy atom. The predicted molar refractivity (Wildman–Crippen MR) is 125 cm³/mol. The molecule has 0 spiro atoms. The monoisotopic (exact) mass is 514 g/mol. The first-order valence-corrected chi connectivity index (χ1v) is 10.3. The third-order valence-corrected chi connectivity index (χ3v) is 4.78. The van der Waals surface area contributed by atoms with Crippen LogP contribution in [0.5, 0.6) is 5.75 Å². The van der Waals surface area contributed by atoms with Crippen LogP contribution < -0.4 is 15.5 Å². The van der Waals surface area contributed by atoms with Gasteiger partial charge < -0.3 is 10.1 Å². The smallest absolute Gasteiger partial charge is 0.416 e. The summed E-state index contributed by atoms with van der Waals surface area (Å²) in [6, 6.07) is 14.8. The number of amides is 2. The van der Waals surface area contributed by atoms with E-state index < -0.39 is 40.1 Å². The number of nitro benzene ring substituents is 1. The van der Waals surface area contributed by atoms with Crippen LogP contribution in [0.2, 0.25) is 0 Å². The highest BCUT2D eigenvalue weighted by Gasteiger charge is 2.30. The number of hydrogen-bond acceptors (Lipinski definition) is 7. The zero-order valence-corrected chi connectivity index (χ0v) is 18.9. The molecule has 0 atom stereocenters. The number of carbonyl (C=O) groups excluding carboxylic acids is 3. The van der Waals surface area contributed by atoms with E-state index in [4.69, 9.17) is 4.74 Å². The summed E-state index contributed by atoms with van der Waals surface area (Å²) in [7, 11) is 0. The average Bonchev–Trinajstić information content (AvgIpc) is 2.87. The lowest BCUT2D eigenvalue weighted by Gasteiger charge is -2.09. The summed E-state index contributed by atoms with van der Waals surface area (Å²) < 4.78 is 43.5. The van der Waals surface area contributed by atoms with Gasteiger partial charge in [0.15, 0.2) is 0 Å². The van der Waals surface area contributed by atoms with E-state index in [-0.39, 0.29) is 22.7 Å². The predicted octanol–water partition coefficient (Wildman–Crippen LogP) is 4.31. The quantitative estimate of drug-likeness (QED) is 0.125. The molecule has 0 aliphatic carbocycles. The van der Waals surface area contributed by atoms with Crippen molar-refractivity contribution in [2.24, 2.45) is 5.10 Å². The van der Waals surface area contributed by atoms with Gasteiger partial charge in [-0.3, -0.25) is 19.7 Å². The molecule has 0 aliphatic rings. The molecule has 37 heavy (non-hydrogen) atoms. The molecule has 13 heteroatoms. The van der Waals surface area contributed by atoms with E-state index in [1.165, 1.54) is 61.5 Å². The zero-order valence-electron chi connectivity index (χ0n) is 18.9. The summed E-state index contributed by atoms with van der Waals surface area (Å²) in [5.41, 5.74) is 0.870. The molecule has 2 amide bonds. The Labute approximate surface area is 206 Å². The second-order valence-electron chi connectivity index (χ2n) is 7.36. The van der Waals surface area contributed by atoms with Gasteiger partial charge in [-0.1, -0.05) is 18.2 Å². The van der Waals surface area contributed by atoms with E-state index in [0.29, 0.717) is 11.6 Å². The molecule has 3 aromatic carbocycles. The fourth-order valence-electron chi connectivity index (χ4n) is 2.94. The number of alkyl halides is 3. The highest BCUT2D eigenvalue weighted by molar-refractivity contribution is 6.39. The second kappa shape index (κ2) is 11.1. The van der Waals surface area contributed by atoms with Crippen molar-refractivity contribution in [3.8, 4) is 5.75 Å². The number of carbonyl (C=O) groups is 3. The molecule has 0 aliphatic heterocycles. The van der Waals surface area contributed by atoms with Crippen LogP contribution in [-0.2, 0) is 15.8 Å². The van der Waals surface area contributed by atoms with Gasteiger partial charge >= 0.3 is 24.0 Å². The zero-order chi connectivity index (χ0) is 27.2. The van der Waals surface area contributed by atoms with E-state index in [1.54, 1.807) is 0 Å². The number of esters is 1.